The van der Waals surface area contributed by atoms with Gasteiger partial charge in [-0.05, 0) is 17.7 Å². The average molecular weight is 307 g/mol. The van der Waals surface area contributed by atoms with Crippen LogP contribution in [0.25, 0.3) is 0 Å². The summed E-state index contributed by atoms with van der Waals surface area (Å²) in [6, 6.07) is 11.9. The lowest BCUT2D eigenvalue weighted by Gasteiger charge is -2.09. The number of anilines is 1. The number of benzene rings is 1. The molecule has 0 radical (unpaired) electrons. The first-order valence-corrected chi connectivity index (χ1v) is 7.47. The summed E-state index contributed by atoms with van der Waals surface area (Å²) in [5, 5.41) is 6.91. The summed E-state index contributed by atoms with van der Waals surface area (Å²) in [5.74, 6) is 0. The minimum atomic E-state index is -4.03. The van der Waals surface area contributed by atoms with Crippen molar-refractivity contribution in [2.45, 2.75) is 11.6 Å². The number of nitrogens with zero attached hydrogens (tertiary/aromatic N) is 1. The number of pyridine rings is 1. The molecule has 0 aliphatic carbocycles. The van der Waals surface area contributed by atoms with Gasteiger partial charge in [0.1, 0.15) is 6.61 Å². The molecule has 0 unspecified atom stereocenters. The highest BCUT2D eigenvalue weighted by molar-refractivity contribution is 7.89. The van der Waals surface area contributed by atoms with Crippen LogP contribution in [0.1, 0.15) is 5.56 Å². The number of primary sulfonamides is 1. The molecule has 2 aromatic rings. The Hall–Kier alpha value is -2.45. The summed E-state index contributed by atoms with van der Waals surface area (Å²) in [5.41, 5.74) is 0.781. The van der Waals surface area contributed by atoms with E-state index in [2.05, 4.69) is 10.3 Å². The van der Waals surface area contributed by atoms with Crippen LogP contribution in [0.15, 0.2) is 53.7 Å². The molecule has 7 nitrogen and oxygen atoms in total. The molecule has 110 valence electrons. The summed E-state index contributed by atoms with van der Waals surface area (Å²) in [6.45, 7) is 0.0671. The standard InChI is InChI=1S/C13H13N3O4S/c14-21(18,19)12-11(7-4-8-15-12)16-13(17)20-9-10-5-2-1-3-6-10/h1-8H,9H2,(H,16,17)(H2,14,18,19). The Morgan fingerprint density at radius 3 is 2.57 bits per heavy atom. The number of carbonyl (C=O) groups is 1. The molecule has 0 saturated heterocycles. The number of hydrogen-bond donors (Lipinski definition) is 2. The van der Waals surface area contributed by atoms with Gasteiger partial charge in [0.05, 0.1) is 5.69 Å². The first-order valence-electron chi connectivity index (χ1n) is 5.92. The van der Waals surface area contributed by atoms with E-state index in [4.69, 9.17) is 9.88 Å². The second-order valence-electron chi connectivity index (χ2n) is 4.09. The molecule has 0 fully saturated rings. The average Bonchev–Trinajstić information content (AvgIpc) is 2.46. The van der Waals surface area contributed by atoms with Crippen molar-refractivity contribution in [3.05, 3.63) is 54.2 Å². The minimum Gasteiger partial charge on any atom is -0.444 e. The molecular weight excluding hydrogens is 294 g/mol. The molecule has 0 atom stereocenters. The van der Waals surface area contributed by atoms with E-state index in [0.717, 1.165) is 5.56 Å². The van der Waals surface area contributed by atoms with Gasteiger partial charge >= 0.3 is 6.09 Å². The molecular formula is C13H13N3O4S. The fraction of sp³-hybridized carbons (Fsp3) is 0.0769. The van der Waals surface area contributed by atoms with Crippen molar-refractivity contribution in [3.8, 4) is 0 Å². The van der Waals surface area contributed by atoms with E-state index >= 15 is 0 Å². The molecule has 0 spiro atoms. The normalized spacial score (nSPS) is 10.9. The van der Waals surface area contributed by atoms with Crippen LogP contribution in [-0.2, 0) is 21.4 Å². The molecule has 2 rings (SSSR count). The summed E-state index contributed by atoms with van der Waals surface area (Å²) in [4.78, 5) is 15.3. The van der Waals surface area contributed by atoms with Gasteiger partial charge in [0.2, 0.25) is 0 Å². The van der Waals surface area contributed by atoms with Gasteiger partial charge in [0.25, 0.3) is 10.0 Å². The fourth-order valence-electron chi connectivity index (χ4n) is 1.58. The smallest absolute Gasteiger partial charge is 0.412 e. The van der Waals surface area contributed by atoms with E-state index < -0.39 is 21.1 Å². The number of hydrogen-bond acceptors (Lipinski definition) is 5. The van der Waals surface area contributed by atoms with Crippen LogP contribution in [0.2, 0.25) is 0 Å². The Labute approximate surface area is 121 Å². The highest BCUT2D eigenvalue weighted by Gasteiger charge is 2.17. The van der Waals surface area contributed by atoms with Crippen molar-refractivity contribution in [1.82, 2.24) is 4.98 Å². The van der Waals surface area contributed by atoms with Crippen LogP contribution in [0.5, 0.6) is 0 Å². The number of aromatic nitrogens is 1. The number of sulfonamides is 1. The summed E-state index contributed by atoms with van der Waals surface area (Å²) in [6.07, 6.45) is 0.469. The molecule has 1 aromatic heterocycles. The molecule has 0 bridgehead atoms. The Kier molecular flexibility index (Phi) is 4.51. The van der Waals surface area contributed by atoms with Crippen LogP contribution in [0, 0.1) is 0 Å². The summed E-state index contributed by atoms with van der Waals surface area (Å²) >= 11 is 0. The largest absolute Gasteiger partial charge is 0.444 e. The molecule has 0 saturated carbocycles. The monoisotopic (exact) mass is 307 g/mol. The Morgan fingerprint density at radius 1 is 1.19 bits per heavy atom. The zero-order valence-electron chi connectivity index (χ0n) is 10.9. The first kappa shape index (κ1) is 14.9. The van der Waals surface area contributed by atoms with E-state index in [1.54, 1.807) is 12.1 Å². The quantitative estimate of drug-likeness (QED) is 0.888. The fourth-order valence-corrected chi connectivity index (χ4v) is 2.22. The molecule has 1 aromatic carbocycles. The Balaban J connectivity index is 2.04. The zero-order valence-corrected chi connectivity index (χ0v) is 11.7. The van der Waals surface area contributed by atoms with Gasteiger partial charge in [0, 0.05) is 6.20 Å². The number of amides is 1. The van der Waals surface area contributed by atoms with Crippen molar-refractivity contribution >= 4 is 21.8 Å². The van der Waals surface area contributed by atoms with E-state index in [-0.39, 0.29) is 12.3 Å². The second-order valence-corrected chi connectivity index (χ2v) is 5.56. The lowest BCUT2D eigenvalue weighted by atomic mass is 10.2. The van der Waals surface area contributed by atoms with Crippen molar-refractivity contribution in [2.75, 3.05) is 5.32 Å². The molecule has 21 heavy (non-hydrogen) atoms. The van der Waals surface area contributed by atoms with E-state index in [1.807, 2.05) is 18.2 Å². The molecule has 1 heterocycles. The number of nitrogens with two attached hydrogens (primary N) is 1. The topological polar surface area (TPSA) is 111 Å². The van der Waals surface area contributed by atoms with Gasteiger partial charge in [-0.1, -0.05) is 30.3 Å². The van der Waals surface area contributed by atoms with Crippen LogP contribution in [0.3, 0.4) is 0 Å². The van der Waals surface area contributed by atoms with Crippen LogP contribution < -0.4 is 10.5 Å². The van der Waals surface area contributed by atoms with Crippen molar-refractivity contribution in [1.29, 1.82) is 0 Å². The molecule has 1 amide bonds. The highest BCUT2D eigenvalue weighted by Crippen LogP contribution is 2.16. The van der Waals surface area contributed by atoms with Gasteiger partial charge in [-0.15, -0.1) is 0 Å². The molecule has 3 N–H and O–H groups in total. The number of ether oxygens (including phenoxy) is 1. The minimum absolute atomic E-state index is 0.0296. The van der Waals surface area contributed by atoms with Crippen LogP contribution in [0.4, 0.5) is 10.5 Å². The molecule has 8 heteroatoms. The van der Waals surface area contributed by atoms with E-state index in [9.17, 15) is 13.2 Å². The number of rotatable bonds is 4. The summed E-state index contributed by atoms with van der Waals surface area (Å²) < 4.78 is 27.7. The maximum atomic E-state index is 11.7. The predicted octanol–water partition coefficient (Wildman–Crippen LogP) is 1.48. The third-order valence-electron chi connectivity index (χ3n) is 2.49. The molecule has 0 aliphatic heterocycles. The van der Waals surface area contributed by atoms with E-state index in [0.29, 0.717) is 0 Å². The van der Waals surface area contributed by atoms with Crippen molar-refractivity contribution in [2.24, 2.45) is 5.14 Å². The molecule has 0 aliphatic rings. The highest BCUT2D eigenvalue weighted by atomic mass is 32.2. The predicted molar refractivity (Wildman–Crippen MR) is 75.9 cm³/mol. The Bertz CT molecular complexity index is 732. The first-order chi connectivity index (χ1) is 9.97. The third kappa shape index (κ3) is 4.26. The SMILES string of the molecule is NS(=O)(=O)c1ncccc1NC(=O)OCc1ccccc1. The maximum absolute atomic E-state index is 11.7. The lowest BCUT2D eigenvalue weighted by molar-refractivity contribution is 0.155. The van der Waals surface area contributed by atoms with Crippen LogP contribution in [-0.4, -0.2) is 19.5 Å². The summed E-state index contributed by atoms with van der Waals surface area (Å²) in [7, 11) is -4.03. The van der Waals surface area contributed by atoms with Gasteiger partial charge in [-0.3, -0.25) is 5.32 Å². The zero-order chi connectivity index (χ0) is 15.3. The van der Waals surface area contributed by atoms with Crippen molar-refractivity contribution < 1.29 is 17.9 Å². The number of carbonyl (C=O) groups excluding carboxylic acids is 1. The Morgan fingerprint density at radius 2 is 1.90 bits per heavy atom. The van der Waals surface area contributed by atoms with Gasteiger partial charge < -0.3 is 4.74 Å². The lowest BCUT2D eigenvalue weighted by Crippen LogP contribution is -2.20. The third-order valence-corrected chi connectivity index (χ3v) is 3.35. The van der Waals surface area contributed by atoms with Gasteiger partial charge in [0.15, 0.2) is 5.03 Å². The van der Waals surface area contributed by atoms with Gasteiger partial charge in [-0.25, -0.2) is 23.3 Å². The number of nitrogens with one attached hydrogen (secondary N) is 1. The van der Waals surface area contributed by atoms with Gasteiger partial charge in [-0.2, -0.15) is 0 Å². The van der Waals surface area contributed by atoms with Crippen LogP contribution >= 0.6 is 0 Å². The van der Waals surface area contributed by atoms with Crippen molar-refractivity contribution in [3.63, 3.8) is 0 Å². The second kappa shape index (κ2) is 6.33. The van der Waals surface area contributed by atoms with E-state index in [1.165, 1.54) is 18.3 Å². The maximum Gasteiger partial charge on any atom is 0.412 e.